The van der Waals surface area contributed by atoms with E-state index in [1.807, 2.05) is 35.7 Å². The molecule has 0 saturated heterocycles. The fourth-order valence-electron chi connectivity index (χ4n) is 2.17. The Morgan fingerprint density at radius 2 is 1.65 bits per heavy atom. The molecule has 1 N–H and O–H groups in total. The van der Waals surface area contributed by atoms with Gasteiger partial charge in [-0.1, -0.05) is 54.6 Å². The van der Waals surface area contributed by atoms with Crippen LogP contribution in [0.25, 0.3) is 11.1 Å². The Morgan fingerprint density at radius 1 is 0.950 bits per heavy atom. The summed E-state index contributed by atoms with van der Waals surface area (Å²) in [4.78, 5) is 4.21. The second kappa shape index (κ2) is 5.99. The first-order valence-corrected chi connectivity index (χ1v) is 7.43. The van der Waals surface area contributed by atoms with E-state index in [2.05, 4.69) is 29.2 Å². The molecule has 0 fully saturated rings. The topological polar surface area (TPSA) is 33.1 Å². The fourth-order valence-corrected chi connectivity index (χ4v) is 2.82. The lowest BCUT2D eigenvalue weighted by atomic mass is 10.0. The van der Waals surface area contributed by atoms with Crippen molar-refractivity contribution in [3.63, 3.8) is 0 Å². The SMILES string of the molecule is OC(Cc1nccs1)c1ccc(-c2ccccc2)cc1. The molecule has 0 spiro atoms. The number of aliphatic hydroxyl groups is 1. The smallest absolute Gasteiger partial charge is 0.0954 e. The van der Waals surface area contributed by atoms with Gasteiger partial charge in [-0.15, -0.1) is 11.3 Å². The predicted molar refractivity (Wildman–Crippen MR) is 82.7 cm³/mol. The molecule has 0 aliphatic heterocycles. The number of benzene rings is 2. The van der Waals surface area contributed by atoms with Crippen LogP contribution in [0.4, 0.5) is 0 Å². The molecule has 0 bridgehead atoms. The summed E-state index contributed by atoms with van der Waals surface area (Å²) in [5.74, 6) is 0. The van der Waals surface area contributed by atoms with E-state index >= 15 is 0 Å². The summed E-state index contributed by atoms with van der Waals surface area (Å²) in [7, 11) is 0. The maximum atomic E-state index is 10.2. The number of aliphatic hydroxyl groups excluding tert-OH is 1. The predicted octanol–water partition coefficient (Wildman–Crippen LogP) is 4.09. The minimum atomic E-state index is -0.494. The van der Waals surface area contributed by atoms with Gasteiger partial charge in [0.2, 0.25) is 0 Å². The number of rotatable bonds is 4. The molecule has 20 heavy (non-hydrogen) atoms. The second-order valence-electron chi connectivity index (χ2n) is 4.63. The van der Waals surface area contributed by atoms with Crippen LogP contribution in [-0.4, -0.2) is 10.1 Å². The van der Waals surface area contributed by atoms with Gasteiger partial charge in [0, 0.05) is 18.0 Å². The Balaban J connectivity index is 1.76. The van der Waals surface area contributed by atoms with Gasteiger partial charge >= 0.3 is 0 Å². The van der Waals surface area contributed by atoms with Crippen LogP contribution in [0.5, 0.6) is 0 Å². The molecule has 2 aromatic carbocycles. The Hall–Kier alpha value is -1.97. The lowest BCUT2D eigenvalue weighted by Gasteiger charge is -2.10. The van der Waals surface area contributed by atoms with E-state index in [0.717, 1.165) is 16.1 Å². The Bertz CT molecular complexity index is 647. The molecule has 0 amide bonds. The molecule has 2 nitrogen and oxygen atoms in total. The highest BCUT2D eigenvalue weighted by molar-refractivity contribution is 7.09. The van der Waals surface area contributed by atoms with Gasteiger partial charge in [-0.05, 0) is 16.7 Å². The van der Waals surface area contributed by atoms with Crippen LogP contribution in [-0.2, 0) is 6.42 Å². The zero-order valence-corrected chi connectivity index (χ0v) is 11.8. The van der Waals surface area contributed by atoms with Crippen molar-refractivity contribution in [3.05, 3.63) is 76.7 Å². The van der Waals surface area contributed by atoms with Crippen LogP contribution >= 0.6 is 11.3 Å². The summed E-state index contributed by atoms with van der Waals surface area (Å²) < 4.78 is 0. The van der Waals surface area contributed by atoms with Crippen molar-refractivity contribution in [1.82, 2.24) is 4.98 Å². The van der Waals surface area contributed by atoms with Crippen LogP contribution in [0.2, 0.25) is 0 Å². The maximum Gasteiger partial charge on any atom is 0.0954 e. The Kier molecular flexibility index (Phi) is 3.90. The summed E-state index contributed by atoms with van der Waals surface area (Å²) in [5.41, 5.74) is 3.28. The van der Waals surface area contributed by atoms with Crippen LogP contribution in [0.15, 0.2) is 66.2 Å². The lowest BCUT2D eigenvalue weighted by molar-refractivity contribution is 0.178. The van der Waals surface area contributed by atoms with E-state index in [0.29, 0.717) is 6.42 Å². The summed E-state index contributed by atoms with van der Waals surface area (Å²) in [6, 6.07) is 18.3. The lowest BCUT2D eigenvalue weighted by Crippen LogP contribution is -2.01. The van der Waals surface area contributed by atoms with Crippen LogP contribution in [0.1, 0.15) is 16.7 Å². The average molecular weight is 281 g/mol. The number of aromatic nitrogens is 1. The normalized spacial score (nSPS) is 12.2. The standard InChI is InChI=1S/C17H15NOS/c19-16(12-17-18-10-11-20-17)15-8-6-14(7-9-15)13-4-2-1-3-5-13/h1-11,16,19H,12H2. The van der Waals surface area contributed by atoms with Crippen LogP contribution in [0, 0.1) is 0 Å². The second-order valence-corrected chi connectivity index (χ2v) is 5.61. The van der Waals surface area contributed by atoms with E-state index in [4.69, 9.17) is 0 Å². The van der Waals surface area contributed by atoms with Gasteiger partial charge in [-0.25, -0.2) is 4.98 Å². The Morgan fingerprint density at radius 3 is 2.30 bits per heavy atom. The van der Waals surface area contributed by atoms with Crippen LogP contribution in [0.3, 0.4) is 0 Å². The summed E-state index contributed by atoms with van der Waals surface area (Å²) in [6.07, 6.45) is 1.85. The first-order valence-electron chi connectivity index (χ1n) is 6.55. The first kappa shape index (κ1) is 13.0. The van der Waals surface area contributed by atoms with Gasteiger partial charge in [0.1, 0.15) is 0 Å². The minimum absolute atomic E-state index is 0.494. The van der Waals surface area contributed by atoms with Crippen molar-refractivity contribution in [2.75, 3.05) is 0 Å². The molecule has 1 unspecified atom stereocenters. The summed E-state index contributed by atoms with van der Waals surface area (Å²) in [6.45, 7) is 0. The van der Waals surface area contributed by atoms with E-state index in [1.165, 1.54) is 5.56 Å². The minimum Gasteiger partial charge on any atom is -0.388 e. The number of thiazole rings is 1. The third-order valence-electron chi connectivity index (χ3n) is 3.25. The van der Waals surface area contributed by atoms with Crippen molar-refractivity contribution in [2.24, 2.45) is 0 Å². The third-order valence-corrected chi connectivity index (χ3v) is 4.06. The highest BCUT2D eigenvalue weighted by Gasteiger charge is 2.10. The fraction of sp³-hybridized carbons (Fsp3) is 0.118. The van der Waals surface area contributed by atoms with Crippen molar-refractivity contribution in [2.45, 2.75) is 12.5 Å². The molecule has 1 aromatic heterocycles. The number of nitrogens with zero attached hydrogens (tertiary/aromatic N) is 1. The molecular weight excluding hydrogens is 266 g/mol. The van der Waals surface area contributed by atoms with E-state index in [-0.39, 0.29) is 0 Å². The summed E-state index contributed by atoms with van der Waals surface area (Å²) in [5, 5.41) is 13.1. The molecule has 100 valence electrons. The van der Waals surface area contributed by atoms with Gasteiger partial charge in [0.25, 0.3) is 0 Å². The molecule has 3 heteroatoms. The first-order chi connectivity index (χ1) is 9.83. The zero-order chi connectivity index (χ0) is 13.8. The molecule has 1 heterocycles. The molecule has 0 radical (unpaired) electrons. The van der Waals surface area contributed by atoms with Crippen molar-refractivity contribution in [1.29, 1.82) is 0 Å². The van der Waals surface area contributed by atoms with E-state index < -0.39 is 6.10 Å². The van der Waals surface area contributed by atoms with Crippen molar-refractivity contribution in [3.8, 4) is 11.1 Å². The van der Waals surface area contributed by atoms with Gasteiger partial charge in [-0.2, -0.15) is 0 Å². The molecule has 1 atom stereocenters. The highest BCUT2D eigenvalue weighted by Crippen LogP contribution is 2.24. The molecule has 0 aliphatic carbocycles. The van der Waals surface area contributed by atoms with Gasteiger partial charge in [-0.3, -0.25) is 0 Å². The monoisotopic (exact) mass is 281 g/mol. The third kappa shape index (κ3) is 2.95. The molecule has 3 aromatic rings. The highest BCUT2D eigenvalue weighted by atomic mass is 32.1. The molecular formula is C17H15NOS. The van der Waals surface area contributed by atoms with Gasteiger partial charge in [0.15, 0.2) is 0 Å². The van der Waals surface area contributed by atoms with Crippen LogP contribution < -0.4 is 0 Å². The maximum absolute atomic E-state index is 10.2. The largest absolute Gasteiger partial charge is 0.388 e. The van der Waals surface area contributed by atoms with Crippen molar-refractivity contribution < 1.29 is 5.11 Å². The average Bonchev–Trinajstić information content (AvgIpc) is 3.01. The van der Waals surface area contributed by atoms with E-state index in [9.17, 15) is 5.11 Å². The van der Waals surface area contributed by atoms with E-state index in [1.54, 1.807) is 17.5 Å². The van der Waals surface area contributed by atoms with Crippen molar-refractivity contribution >= 4 is 11.3 Å². The number of hydrogen-bond acceptors (Lipinski definition) is 3. The molecule has 0 aliphatic rings. The molecule has 0 saturated carbocycles. The van der Waals surface area contributed by atoms with Gasteiger partial charge in [0.05, 0.1) is 11.1 Å². The number of hydrogen-bond donors (Lipinski definition) is 1. The summed E-state index contributed by atoms with van der Waals surface area (Å²) >= 11 is 1.57. The molecule has 3 rings (SSSR count). The van der Waals surface area contributed by atoms with Gasteiger partial charge < -0.3 is 5.11 Å². The zero-order valence-electron chi connectivity index (χ0n) is 10.9. The quantitative estimate of drug-likeness (QED) is 0.781. The Labute approximate surface area is 122 Å².